The van der Waals surface area contributed by atoms with Gasteiger partial charge in [0.05, 0.1) is 5.39 Å². The number of carbonyl (C=O) groups excluding carboxylic acids is 1. The lowest BCUT2D eigenvalue weighted by atomic mass is 10.2. The summed E-state index contributed by atoms with van der Waals surface area (Å²) in [5.41, 5.74) is 0.0348. The Hall–Kier alpha value is -2.73. The second-order valence-electron chi connectivity index (χ2n) is 4.12. The van der Waals surface area contributed by atoms with Crippen LogP contribution < -0.4 is 10.7 Å². The maximum Gasteiger partial charge on any atom is 0.292 e. The smallest absolute Gasteiger partial charge is 0.292 e. The van der Waals surface area contributed by atoms with Crippen molar-refractivity contribution in [3.05, 3.63) is 63.9 Å². The molecule has 2 heterocycles. The highest BCUT2D eigenvalue weighted by atomic mass is 35.5. The summed E-state index contributed by atoms with van der Waals surface area (Å²) in [5, 5.41) is 2.90. The number of aromatic nitrogens is 2. The van der Waals surface area contributed by atoms with Crippen LogP contribution in [0.5, 0.6) is 0 Å². The number of para-hydroxylation sites is 1. The zero-order valence-corrected chi connectivity index (χ0v) is 11.3. The fourth-order valence-corrected chi connectivity index (χ4v) is 1.94. The lowest BCUT2D eigenvalue weighted by Crippen LogP contribution is -2.16. The van der Waals surface area contributed by atoms with Crippen molar-refractivity contribution in [3.63, 3.8) is 0 Å². The van der Waals surface area contributed by atoms with Crippen molar-refractivity contribution in [1.29, 1.82) is 0 Å². The first-order chi connectivity index (χ1) is 10.1. The molecule has 0 aliphatic heterocycles. The van der Waals surface area contributed by atoms with E-state index in [4.69, 9.17) is 16.0 Å². The van der Waals surface area contributed by atoms with Crippen LogP contribution >= 0.6 is 11.6 Å². The van der Waals surface area contributed by atoms with Gasteiger partial charge in [-0.15, -0.1) is 0 Å². The summed E-state index contributed by atoms with van der Waals surface area (Å²) in [6.45, 7) is 0. The van der Waals surface area contributed by atoms with Crippen molar-refractivity contribution in [2.75, 3.05) is 5.32 Å². The Balaban J connectivity index is 1.99. The van der Waals surface area contributed by atoms with Gasteiger partial charge in [0.25, 0.3) is 5.91 Å². The highest BCUT2D eigenvalue weighted by Crippen LogP contribution is 2.16. The molecule has 0 spiro atoms. The Morgan fingerprint density at radius 2 is 1.95 bits per heavy atom. The molecule has 0 atom stereocenters. The number of benzene rings is 1. The van der Waals surface area contributed by atoms with E-state index in [1.165, 1.54) is 12.4 Å². The standard InChI is InChI=1S/C14H8ClN3O3/c15-12-13(17-6-5-16-12)18-14(20)11-7-9(19)8-3-1-2-4-10(8)21-11/h1-7H,(H,17,18,20). The molecule has 0 aliphatic carbocycles. The minimum Gasteiger partial charge on any atom is -0.451 e. The average Bonchev–Trinajstić information content (AvgIpc) is 2.49. The zero-order chi connectivity index (χ0) is 14.8. The highest BCUT2D eigenvalue weighted by Gasteiger charge is 2.14. The molecule has 1 N–H and O–H groups in total. The second kappa shape index (κ2) is 5.34. The number of anilines is 1. The van der Waals surface area contributed by atoms with Crippen LogP contribution in [0.4, 0.5) is 5.82 Å². The van der Waals surface area contributed by atoms with E-state index in [9.17, 15) is 9.59 Å². The van der Waals surface area contributed by atoms with Crippen LogP contribution in [0.2, 0.25) is 5.15 Å². The molecule has 0 radical (unpaired) electrons. The largest absolute Gasteiger partial charge is 0.451 e. The quantitative estimate of drug-likeness (QED) is 0.786. The third kappa shape index (κ3) is 2.61. The van der Waals surface area contributed by atoms with Crippen LogP contribution in [0.3, 0.4) is 0 Å². The van der Waals surface area contributed by atoms with Gasteiger partial charge in [-0.1, -0.05) is 23.7 Å². The first kappa shape index (κ1) is 13.3. The lowest BCUT2D eigenvalue weighted by Gasteiger charge is -2.05. The van der Waals surface area contributed by atoms with Crippen LogP contribution in [-0.4, -0.2) is 15.9 Å². The molecule has 0 bridgehead atoms. The van der Waals surface area contributed by atoms with Crippen molar-refractivity contribution in [3.8, 4) is 0 Å². The van der Waals surface area contributed by atoms with Gasteiger partial charge in [-0.3, -0.25) is 9.59 Å². The monoisotopic (exact) mass is 301 g/mol. The Morgan fingerprint density at radius 3 is 2.76 bits per heavy atom. The fraction of sp³-hybridized carbons (Fsp3) is 0. The molecular weight excluding hydrogens is 294 g/mol. The number of rotatable bonds is 2. The summed E-state index contributed by atoms with van der Waals surface area (Å²) >= 11 is 5.80. The van der Waals surface area contributed by atoms with Crippen molar-refractivity contribution in [1.82, 2.24) is 9.97 Å². The molecule has 0 fully saturated rings. The van der Waals surface area contributed by atoms with E-state index in [1.807, 2.05) is 0 Å². The Kier molecular flexibility index (Phi) is 3.37. The summed E-state index contributed by atoms with van der Waals surface area (Å²) in [6, 6.07) is 7.80. The number of nitrogens with one attached hydrogen (secondary N) is 1. The number of nitrogens with zero attached hydrogens (tertiary/aromatic N) is 2. The van der Waals surface area contributed by atoms with E-state index in [-0.39, 0.29) is 22.2 Å². The number of hydrogen-bond donors (Lipinski definition) is 1. The summed E-state index contributed by atoms with van der Waals surface area (Å²) in [7, 11) is 0. The molecule has 7 heteroatoms. The number of hydrogen-bond acceptors (Lipinski definition) is 5. The summed E-state index contributed by atoms with van der Waals surface area (Å²) < 4.78 is 5.41. The second-order valence-corrected chi connectivity index (χ2v) is 4.48. The third-order valence-corrected chi connectivity index (χ3v) is 3.02. The third-order valence-electron chi connectivity index (χ3n) is 2.74. The Bertz CT molecular complexity index is 892. The van der Waals surface area contributed by atoms with E-state index < -0.39 is 5.91 Å². The molecule has 3 rings (SSSR count). The first-order valence-electron chi connectivity index (χ1n) is 5.96. The maximum absolute atomic E-state index is 12.1. The normalized spacial score (nSPS) is 10.5. The fourth-order valence-electron chi connectivity index (χ4n) is 1.79. The molecule has 0 saturated heterocycles. The molecule has 6 nitrogen and oxygen atoms in total. The SMILES string of the molecule is O=C(Nc1nccnc1Cl)c1cc(=O)c2ccccc2o1. The van der Waals surface area contributed by atoms with Crippen LogP contribution in [0, 0.1) is 0 Å². The van der Waals surface area contributed by atoms with Crippen LogP contribution in [0.15, 0.2) is 51.9 Å². The maximum atomic E-state index is 12.1. The molecule has 3 aromatic rings. The van der Waals surface area contributed by atoms with Crippen molar-refractivity contribution in [2.24, 2.45) is 0 Å². The number of amides is 1. The molecule has 0 saturated carbocycles. The van der Waals surface area contributed by atoms with E-state index in [0.29, 0.717) is 11.0 Å². The minimum absolute atomic E-state index is 0.0500. The number of halogens is 1. The minimum atomic E-state index is -0.625. The van der Waals surface area contributed by atoms with Gasteiger partial charge in [-0.05, 0) is 12.1 Å². The summed E-state index contributed by atoms with van der Waals surface area (Å²) in [5.74, 6) is -0.652. The van der Waals surface area contributed by atoms with Gasteiger partial charge < -0.3 is 9.73 Å². The van der Waals surface area contributed by atoms with Gasteiger partial charge in [0.2, 0.25) is 0 Å². The predicted octanol–water partition coefficient (Wildman–Crippen LogP) is 2.49. The number of fused-ring (bicyclic) bond motifs is 1. The van der Waals surface area contributed by atoms with Crippen molar-refractivity contribution < 1.29 is 9.21 Å². The van der Waals surface area contributed by atoms with Crippen molar-refractivity contribution >= 4 is 34.3 Å². The first-order valence-corrected chi connectivity index (χ1v) is 6.34. The van der Waals surface area contributed by atoms with E-state index in [2.05, 4.69) is 15.3 Å². The molecule has 1 aromatic carbocycles. The molecule has 0 aliphatic rings. The van der Waals surface area contributed by atoms with E-state index in [1.54, 1.807) is 24.3 Å². The summed E-state index contributed by atoms with van der Waals surface area (Å²) in [6.07, 6.45) is 2.78. The van der Waals surface area contributed by atoms with Gasteiger partial charge in [0.1, 0.15) is 5.58 Å². The average molecular weight is 302 g/mol. The van der Waals surface area contributed by atoms with E-state index >= 15 is 0 Å². The van der Waals surface area contributed by atoms with Crippen LogP contribution in [0.25, 0.3) is 11.0 Å². The molecule has 104 valence electrons. The van der Waals surface area contributed by atoms with Gasteiger partial charge >= 0.3 is 0 Å². The van der Waals surface area contributed by atoms with Crippen LogP contribution in [-0.2, 0) is 0 Å². The molecule has 21 heavy (non-hydrogen) atoms. The predicted molar refractivity (Wildman–Crippen MR) is 77.5 cm³/mol. The molecule has 2 aromatic heterocycles. The highest BCUT2D eigenvalue weighted by molar-refractivity contribution is 6.32. The summed E-state index contributed by atoms with van der Waals surface area (Å²) in [4.78, 5) is 31.7. The van der Waals surface area contributed by atoms with Gasteiger partial charge in [-0.25, -0.2) is 9.97 Å². The van der Waals surface area contributed by atoms with Gasteiger partial charge in [0.15, 0.2) is 22.2 Å². The molecule has 0 unspecified atom stereocenters. The molecular formula is C14H8ClN3O3. The van der Waals surface area contributed by atoms with Crippen LogP contribution in [0.1, 0.15) is 10.6 Å². The van der Waals surface area contributed by atoms with Gasteiger partial charge in [0, 0.05) is 18.5 Å². The molecule has 1 amide bonds. The van der Waals surface area contributed by atoms with E-state index in [0.717, 1.165) is 6.07 Å². The van der Waals surface area contributed by atoms with Crippen molar-refractivity contribution in [2.45, 2.75) is 0 Å². The Labute approximate surface area is 123 Å². The Morgan fingerprint density at radius 1 is 1.19 bits per heavy atom. The zero-order valence-electron chi connectivity index (χ0n) is 10.5. The topological polar surface area (TPSA) is 85.1 Å². The lowest BCUT2D eigenvalue weighted by molar-refractivity contribution is 0.0996. The number of carbonyl (C=O) groups is 1. The van der Waals surface area contributed by atoms with Gasteiger partial charge in [-0.2, -0.15) is 0 Å².